The molecule has 2 N–H and O–H groups in total. The molecule has 0 aliphatic heterocycles. The van der Waals surface area contributed by atoms with Crippen LogP contribution in [0.2, 0.25) is 0 Å². The molecule has 0 aliphatic carbocycles. The molecule has 0 saturated heterocycles. The van der Waals surface area contributed by atoms with Gasteiger partial charge in [0.25, 0.3) is 0 Å². The summed E-state index contributed by atoms with van der Waals surface area (Å²) < 4.78 is 0. The Bertz CT molecular complexity index is 674. The second-order valence-electron chi connectivity index (χ2n) is 4.36. The van der Waals surface area contributed by atoms with Crippen molar-refractivity contribution in [2.24, 2.45) is 0 Å². The summed E-state index contributed by atoms with van der Waals surface area (Å²) in [6.07, 6.45) is 0. The normalized spacial score (nSPS) is 10.2. The fourth-order valence-electron chi connectivity index (χ4n) is 1.92. The van der Waals surface area contributed by atoms with Crippen LogP contribution in [-0.2, 0) is 0 Å². The summed E-state index contributed by atoms with van der Waals surface area (Å²) in [5.41, 5.74) is 4.28. The van der Waals surface area contributed by atoms with Crippen molar-refractivity contribution in [2.75, 3.05) is 17.7 Å². The van der Waals surface area contributed by atoms with Gasteiger partial charge in [0.2, 0.25) is 0 Å². The van der Waals surface area contributed by atoms with Crippen LogP contribution in [0.25, 0.3) is 11.3 Å². The number of nitrogens with one attached hydrogen (secondary N) is 2. The number of hydrogen-bond donors (Lipinski definition) is 2. The number of hydrogen-bond acceptors (Lipinski definition) is 4. The molecule has 0 bridgehead atoms. The molecular weight excluding hydrogens is 266 g/mol. The third kappa shape index (κ3) is 2.81. The lowest BCUT2D eigenvalue weighted by Crippen LogP contribution is -1.91. The van der Waals surface area contributed by atoms with E-state index in [1.54, 1.807) is 11.3 Å². The van der Waals surface area contributed by atoms with Crippen molar-refractivity contribution < 1.29 is 0 Å². The molecule has 20 heavy (non-hydrogen) atoms. The molecule has 0 unspecified atom stereocenters. The van der Waals surface area contributed by atoms with Crippen molar-refractivity contribution in [2.45, 2.75) is 0 Å². The topological polar surface area (TPSA) is 37.0 Å². The predicted octanol–water partition coefficient (Wildman–Crippen LogP) is 4.60. The molecule has 3 nitrogen and oxygen atoms in total. The summed E-state index contributed by atoms with van der Waals surface area (Å²) in [7, 11) is 1.91. The Morgan fingerprint density at radius 2 is 1.60 bits per heavy atom. The lowest BCUT2D eigenvalue weighted by atomic mass is 10.2. The summed E-state index contributed by atoms with van der Waals surface area (Å²) >= 11 is 1.61. The van der Waals surface area contributed by atoms with E-state index in [0.29, 0.717) is 0 Å². The average molecular weight is 281 g/mol. The minimum absolute atomic E-state index is 0.904. The zero-order valence-electron chi connectivity index (χ0n) is 11.1. The van der Waals surface area contributed by atoms with Crippen molar-refractivity contribution in [3.05, 3.63) is 60.0 Å². The molecule has 0 aliphatic rings. The number of thiazole rings is 1. The van der Waals surface area contributed by atoms with E-state index in [9.17, 15) is 0 Å². The van der Waals surface area contributed by atoms with Crippen LogP contribution >= 0.6 is 11.3 Å². The molecule has 0 atom stereocenters. The van der Waals surface area contributed by atoms with E-state index in [-0.39, 0.29) is 0 Å². The smallest absolute Gasteiger partial charge is 0.187 e. The first-order valence-electron chi connectivity index (χ1n) is 6.41. The molecule has 1 heterocycles. The molecule has 0 saturated carbocycles. The second-order valence-corrected chi connectivity index (χ2v) is 5.21. The average Bonchev–Trinajstić information content (AvgIpc) is 2.97. The number of rotatable bonds is 4. The van der Waals surface area contributed by atoms with Gasteiger partial charge in [0.1, 0.15) is 0 Å². The molecule has 0 amide bonds. The predicted molar refractivity (Wildman–Crippen MR) is 86.8 cm³/mol. The van der Waals surface area contributed by atoms with Crippen LogP contribution in [0.5, 0.6) is 0 Å². The molecule has 3 aromatic rings. The van der Waals surface area contributed by atoms with Gasteiger partial charge in [-0.15, -0.1) is 11.3 Å². The molecule has 4 heteroatoms. The van der Waals surface area contributed by atoms with E-state index in [0.717, 1.165) is 27.8 Å². The molecule has 2 aromatic carbocycles. The van der Waals surface area contributed by atoms with Crippen molar-refractivity contribution >= 4 is 27.8 Å². The molecule has 3 rings (SSSR count). The Morgan fingerprint density at radius 3 is 2.30 bits per heavy atom. The Balaban J connectivity index is 1.77. The second kappa shape index (κ2) is 5.75. The fraction of sp³-hybridized carbons (Fsp3) is 0.0625. The Kier molecular flexibility index (Phi) is 3.65. The van der Waals surface area contributed by atoms with Crippen LogP contribution in [0.1, 0.15) is 0 Å². The Hall–Kier alpha value is -2.33. The lowest BCUT2D eigenvalue weighted by molar-refractivity contribution is 1.38. The highest BCUT2D eigenvalue weighted by atomic mass is 32.1. The van der Waals surface area contributed by atoms with Gasteiger partial charge in [-0.3, -0.25) is 0 Å². The summed E-state index contributed by atoms with van der Waals surface area (Å²) in [6, 6.07) is 18.4. The zero-order valence-corrected chi connectivity index (χ0v) is 11.9. The number of nitrogens with zero attached hydrogens (tertiary/aromatic N) is 1. The van der Waals surface area contributed by atoms with Gasteiger partial charge >= 0.3 is 0 Å². The lowest BCUT2D eigenvalue weighted by Gasteiger charge is -2.04. The van der Waals surface area contributed by atoms with E-state index >= 15 is 0 Å². The molecule has 0 radical (unpaired) electrons. The van der Waals surface area contributed by atoms with Crippen molar-refractivity contribution in [1.29, 1.82) is 0 Å². The van der Waals surface area contributed by atoms with E-state index in [4.69, 9.17) is 0 Å². The number of aromatic nitrogens is 1. The SMILES string of the molecule is CNc1ccc(Nc2nc(-c3ccccc3)cs2)cc1. The van der Waals surface area contributed by atoms with E-state index in [1.165, 1.54) is 0 Å². The van der Waals surface area contributed by atoms with Crippen LogP contribution in [0, 0.1) is 0 Å². The van der Waals surface area contributed by atoms with Crippen LogP contribution < -0.4 is 10.6 Å². The van der Waals surface area contributed by atoms with Crippen LogP contribution in [0.15, 0.2) is 60.0 Å². The standard InChI is InChI=1S/C16H15N3S/c1-17-13-7-9-14(10-8-13)18-16-19-15(11-20-16)12-5-3-2-4-6-12/h2-11,17H,1H3,(H,18,19). The maximum Gasteiger partial charge on any atom is 0.187 e. The molecule has 0 spiro atoms. The number of benzene rings is 2. The van der Waals surface area contributed by atoms with Gasteiger partial charge < -0.3 is 10.6 Å². The van der Waals surface area contributed by atoms with Crippen molar-refractivity contribution in [3.63, 3.8) is 0 Å². The van der Waals surface area contributed by atoms with Crippen LogP contribution in [0.3, 0.4) is 0 Å². The van der Waals surface area contributed by atoms with Gasteiger partial charge in [-0.05, 0) is 24.3 Å². The first-order valence-corrected chi connectivity index (χ1v) is 7.29. The third-order valence-electron chi connectivity index (χ3n) is 3.00. The molecule has 0 fully saturated rings. The highest BCUT2D eigenvalue weighted by Gasteiger charge is 2.04. The van der Waals surface area contributed by atoms with Crippen molar-refractivity contribution in [3.8, 4) is 11.3 Å². The minimum atomic E-state index is 0.904. The molecular formula is C16H15N3S. The highest BCUT2D eigenvalue weighted by molar-refractivity contribution is 7.14. The molecule has 1 aromatic heterocycles. The quantitative estimate of drug-likeness (QED) is 0.734. The summed E-state index contributed by atoms with van der Waals surface area (Å²) in [6.45, 7) is 0. The Labute approximate surface area is 122 Å². The first kappa shape index (κ1) is 12.7. The van der Waals surface area contributed by atoms with Gasteiger partial charge in [-0.1, -0.05) is 30.3 Å². The molecule has 100 valence electrons. The minimum Gasteiger partial charge on any atom is -0.388 e. The third-order valence-corrected chi connectivity index (χ3v) is 3.76. The van der Waals surface area contributed by atoms with E-state index < -0.39 is 0 Å². The highest BCUT2D eigenvalue weighted by Crippen LogP contribution is 2.27. The van der Waals surface area contributed by atoms with Gasteiger partial charge in [0, 0.05) is 29.4 Å². The van der Waals surface area contributed by atoms with Gasteiger partial charge in [0.15, 0.2) is 5.13 Å². The summed E-state index contributed by atoms with van der Waals surface area (Å²) in [4.78, 5) is 4.61. The van der Waals surface area contributed by atoms with E-state index in [2.05, 4.69) is 33.1 Å². The monoisotopic (exact) mass is 281 g/mol. The van der Waals surface area contributed by atoms with Crippen LogP contribution in [-0.4, -0.2) is 12.0 Å². The summed E-state index contributed by atoms with van der Waals surface area (Å²) in [5, 5.41) is 9.40. The van der Waals surface area contributed by atoms with Gasteiger partial charge in [-0.2, -0.15) is 0 Å². The van der Waals surface area contributed by atoms with Gasteiger partial charge in [0.05, 0.1) is 5.69 Å². The maximum atomic E-state index is 4.61. The van der Waals surface area contributed by atoms with Crippen molar-refractivity contribution in [1.82, 2.24) is 4.98 Å². The van der Waals surface area contributed by atoms with E-state index in [1.807, 2.05) is 49.5 Å². The Morgan fingerprint density at radius 1 is 0.900 bits per heavy atom. The maximum absolute atomic E-state index is 4.61. The first-order chi connectivity index (χ1) is 9.85. The zero-order chi connectivity index (χ0) is 13.8. The summed E-state index contributed by atoms with van der Waals surface area (Å²) in [5.74, 6) is 0. The fourth-order valence-corrected chi connectivity index (χ4v) is 2.66. The largest absolute Gasteiger partial charge is 0.388 e. The van der Waals surface area contributed by atoms with Gasteiger partial charge in [-0.25, -0.2) is 4.98 Å². The number of anilines is 3. The van der Waals surface area contributed by atoms with Crippen LogP contribution in [0.4, 0.5) is 16.5 Å².